The summed E-state index contributed by atoms with van der Waals surface area (Å²) in [7, 11) is 0. The first-order chi connectivity index (χ1) is 13.2. The van der Waals surface area contributed by atoms with Crippen molar-refractivity contribution < 1.29 is 23.1 Å². The number of ether oxygens (including phenoxy) is 1. The summed E-state index contributed by atoms with van der Waals surface area (Å²) < 4.78 is 34.0. The van der Waals surface area contributed by atoms with Crippen LogP contribution in [-0.2, 0) is 28.9 Å². The number of rotatable bonds is 7. The predicted octanol–water partition coefficient (Wildman–Crippen LogP) is 3.29. The molecule has 5 nitrogen and oxygen atoms in total. The minimum atomic E-state index is -0.965. The molecule has 28 heavy (non-hydrogen) atoms. The van der Waals surface area contributed by atoms with Crippen LogP contribution in [0, 0.1) is 25.5 Å². The summed E-state index contributed by atoms with van der Waals surface area (Å²) in [4.78, 5) is 36.9. The maximum Gasteiger partial charge on any atom is 0.325 e. The van der Waals surface area contributed by atoms with E-state index in [1.807, 2.05) is 0 Å². The van der Waals surface area contributed by atoms with Gasteiger partial charge in [0.05, 0.1) is 12.2 Å². The molecular weight excluding hydrogens is 368 g/mol. The van der Waals surface area contributed by atoms with E-state index in [1.165, 1.54) is 19.1 Å². The van der Waals surface area contributed by atoms with Crippen molar-refractivity contribution >= 4 is 11.8 Å². The van der Waals surface area contributed by atoms with Gasteiger partial charge >= 0.3 is 5.97 Å². The molecule has 2 rings (SSSR count). The summed E-state index contributed by atoms with van der Waals surface area (Å²) in [5.74, 6) is -2.88. The Balaban J connectivity index is 2.58. The van der Waals surface area contributed by atoms with Crippen LogP contribution in [0.25, 0.3) is 0 Å². The number of hydrogen-bond acceptors (Lipinski definition) is 4. The summed E-state index contributed by atoms with van der Waals surface area (Å²) in [5, 5.41) is 0. The van der Waals surface area contributed by atoms with Gasteiger partial charge in [-0.05, 0) is 52.2 Å². The zero-order valence-electron chi connectivity index (χ0n) is 16.4. The number of benzene rings is 1. The molecule has 0 aliphatic carbocycles. The molecule has 1 aromatic heterocycles. The number of aryl methyl sites for hydroxylation is 1. The third-order valence-electron chi connectivity index (χ3n) is 4.74. The molecule has 0 aliphatic heterocycles. The van der Waals surface area contributed by atoms with E-state index in [0.717, 1.165) is 6.07 Å². The Morgan fingerprint density at radius 2 is 1.82 bits per heavy atom. The smallest absolute Gasteiger partial charge is 0.325 e. The van der Waals surface area contributed by atoms with Crippen LogP contribution in [0.1, 0.15) is 46.7 Å². The molecule has 0 atom stereocenters. The van der Waals surface area contributed by atoms with E-state index in [0.29, 0.717) is 17.0 Å². The van der Waals surface area contributed by atoms with Crippen LogP contribution in [0.2, 0.25) is 0 Å². The van der Waals surface area contributed by atoms with Crippen LogP contribution in [0.5, 0.6) is 0 Å². The molecule has 0 saturated carbocycles. The zero-order valence-corrected chi connectivity index (χ0v) is 16.4. The normalized spacial score (nSPS) is 10.8. The highest BCUT2D eigenvalue weighted by Crippen LogP contribution is 2.19. The molecule has 0 spiro atoms. The van der Waals surface area contributed by atoms with Gasteiger partial charge in [-0.15, -0.1) is 0 Å². The molecule has 1 aromatic carbocycles. The van der Waals surface area contributed by atoms with Crippen molar-refractivity contribution in [3.05, 3.63) is 68.1 Å². The maximum absolute atomic E-state index is 14.0. The second kappa shape index (κ2) is 8.91. The van der Waals surface area contributed by atoms with Gasteiger partial charge in [-0.3, -0.25) is 14.4 Å². The van der Waals surface area contributed by atoms with E-state index in [1.54, 1.807) is 25.3 Å². The van der Waals surface area contributed by atoms with E-state index in [-0.39, 0.29) is 37.1 Å². The Hall–Kier alpha value is -2.83. The molecule has 150 valence electrons. The average molecular weight is 391 g/mol. The zero-order chi connectivity index (χ0) is 21.0. The Morgan fingerprint density at radius 3 is 2.43 bits per heavy atom. The van der Waals surface area contributed by atoms with Crippen molar-refractivity contribution in [2.75, 3.05) is 6.61 Å². The fraction of sp³-hybridized carbons (Fsp3) is 0.381. The van der Waals surface area contributed by atoms with Gasteiger partial charge in [0.15, 0.2) is 22.8 Å². The van der Waals surface area contributed by atoms with Gasteiger partial charge in [0, 0.05) is 17.0 Å². The summed E-state index contributed by atoms with van der Waals surface area (Å²) in [6, 6.07) is 3.86. The van der Waals surface area contributed by atoms with Gasteiger partial charge in [-0.25, -0.2) is 8.78 Å². The molecule has 0 unspecified atom stereocenters. The number of pyridine rings is 1. The van der Waals surface area contributed by atoms with Crippen molar-refractivity contribution in [2.45, 2.75) is 47.1 Å². The van der Waals surface area contributed by atoms with Crippen molar-refractivity contribution in [3.8, 4) is 0 Å². The number of carbonyl (C=O) groups is 2. The molecule has 0 radical (unpaired) electrons. The van der Waals surface area contributed by atoms with Gasteiger partial charge < -0.3 is 9.30 Å². The molecule has 2 aromatic rings. The third-order valence-corrected chi connectivity index (χ3v) is 4.74. The number of esters is 1. The number of nitrogens with zero attached hydrogens (tertiary/aromatic N) is 1. The number of Topliss-reactive ketones (excluding diaryl/α,β-unsaturated/α-hetero) is 1. The minimum absolute atomic E-state index is 0.0378. The highest BCUT2D eigenvalue weighted by atomic mass is 19.2. The van der Waals surface area contributed by atoms with Crippen LogP contribution >= 0.6 is 0 Å². The van der Waals surface area contributed by atoms with Crippen LogP contribution in [-0.4, -0.2) is 22.9 Å². The van der Waals surface area contributed by atoms with E-state index < -0.39 is 28.8 Å². The third kappa shape index (κ3) is 4.35. The van der Waals surface area contributed by atoms with E-state index in [2.05, 4.69) is 0 Å². The van der Waals surface area contributed by atoms with Crippen LogP contribution in [0.3, 0.4) is 0 Å². The van der Waals surface area contributed by atoms with Crippen LogP contribution < -0.4 is 5.43 Å². The second-order valence-electron chi connectivity index (χ2n) is 6.52. The van der Waals surface area contributed by atoms with E-state index >= 15 is 0 Å². The quantitative estimate of drug-likeness (QED) is 0.537. The Kier molecular flexibility index (Phi) is 6.83. The highest BCUT2D eigenvalue weighted by molar-refractivity contribution is 5.95. The maximum atomic E-state index is 14.0. The van der Waals surface area contributed by atoms with Crippen molar-refractivity contribution in [2.24, 2.45) is 0 Å². The molecule has 0 saturated heterocycles. The fourth-order valence-electron chi connectivity index (χ4n) is 3.19. The molecule has 1 heterocycles. The van der Waals surface area contributed by atoms with Crippen molar-refractivity contribution in [1.82, 2.24) is 4.57 Å². The van der Waals surface area contributed by atoms with Gasteiger partial charge in [-0.1, -0.05) is 12.1 Å². The predicted molar refractivity (Wildman–Crippen MR) is 101 cm³/mol. The molecule has 7 heteroatoms. The lowest BCUT2D eigenvalue weighted by molar-refractivity contribution is -0.143. The molecular formula is C21H23F2NO4. The van der Waals surface area contributed by atoms with Crippen LogP contribution in [0.15, 0.2) is 23.0 Å². The van der Waals surface area contributed by atoms with E-state index in [4.69, 9.17) is 4.74 Å². The minimum Gasteiger partial charge on any atom is -0.465 e. The monoisotopic (exact) mass is 391 g/mol. The number of carbonyl (C=O) groups excluding carboxylic acids is 2. The second-order valence-corrected chi connectivity index (χ2v) is 6.52. The number of halogens is 2. The van der Waals surface area contributed by atoms with E-state index in [9.17, 15) is 23.2 Å². The van der Waals surface area contributed by atoms with Crippen LogP contribution in [0.4, 0.5) is 8.78 Å². The first-order valence-corrected chi connectivity index (χ1v) is 9.01. The first kappa shape index (κ1) is 21.5. The van der Waals surface area contributed by atoms with Gasteiger partial charge in [0.1, 0.15) is 6.54 Å². The number of hydrogen-bond donors (Lipinski definition) is 0. The Bertz CT molecular complexity index is 979. The van der Waals surface area contributed by atoms with Gasteiger partial charge in [0.2, 0.25) is 0 Å². The highest BCUT2D eigenvalue weighted by Gasteiger charge is 2.22. The lowest BCUT2D eigenvalue weighted by Crippen LogP contribution is -2.29. The molecule has 0 amide bonds. The summed E-state index contributed by atoms with van der Waals surface area (Å²) in [6.45, 7) is 6.22. The first-order valence-electron chi connectivity index (χ1n) is 9.01. The standard InChI is InChI=1S/C21H23F2NO4/c1-5-28-18(26)11-24-13(3)12(2)21(27)19(14(4)25)17(24)10-9-15-7-6-8-16(22)20(15)23/h6-8H,5,9-11H2,1-4H3. The SMILES string of the molecule is CCOC(=O)Cn1c(C)c(C)c(=O)c(C(C)=O)c1CCc1cccc(F)c1F. The topological polar surface area (TPSA) is 65.4 Å². The fourth-order valence-corrected chi connectivity index (χ4v) is 3.19. The van der Waals surface area contributed by atoms with Crippen molar-refractivity contribution in [1.29, 1.82) is 0 Å². The average Bonchev–Trinajstić information content (AvgIpc) is 2.63. The van der Waals surface area contributed by atoms with Crippen molar-refractivity contribution in [3.63, 3.8) is 0 Å². The number of ketones is 1. The lowest BCUT2D eigenvalue weighted by Gasteiger charge is -2.21. The molecule has 0 aliphatic rings. The lowest BCUT2D eigenvalue weighted by atomic mass is 9.98. The molecule has 0 fully saturated rings. The van der Waals surface area contributed by atoms with Gasteiger partial charge in [0.25, 0.3) is 0 Å². The number of aromatic nitrogens is 1. The summed E-state index contributed by atoms with van der Waals surface area (Å²) in [6.07, 6.45) is 0.152. The summed E-state index contributed by atoms with van der Waals surface area (Å²) in [5.41, 5.74) is 0.872. The summed E-state index contributed by atoms with van der Waals surface area (Å²) >= 11 is 0. The Labute approximate surface area is 161 Å². The Morgan fingerprint density at radius 1 is 1.14 bits per heavy atom. The molecule has 0 N–H and O–H groups in total. The largest absolute Gasteiger partial charge is 0.465 e. The molecule has 0 bridgehead atoms. The van der Waals surface area contributed by atoms with Gasteiger partial charge in [-0.2, -0.15) is 0 Å².